The molecule has 2 saturated heterocycles. The lowest BCUT2D eigenvalue weighted by atomic mass is 10.1. The maximum atomic E-state index is 9.57. The van der Waals surface area contributed by atoms with Crippen molar-refractivity contribution in [3.63, 3.8) is 0 Å². The third kappa shape index (κ3) is 3.72. The highest BCUT2D eigenvalue weighted by atomic mass is 32.1. The van der Waals surface area contributed by atoms with Crippen LogP contribution in [0.2, 0.25) is 0 Å². The molecule has 0 radical (unpaired) electrons. The van der Waals surface area contributed by atoms with Gasteiger partial charge in [0.25, 0.3) is 0 Å². The number of benzene rings is 1. The second-order valence-corrected chi connectivity index (χ2v) is 9.42. The highest BCUT2D eigenvalue weighted by Gasteiger charge is 2.25. The van der Waals surface area contributed by atoms with Crippen LogP contribution in [0.3, 0.4) is 0 Å². The number of aliphatic hydroxyl groups is 1. The zero-order chi connectivity index (χ0) is 19.8. The number of thiophene rings is 1. The average molecular weight is 409 g/mol. The van der Waals surface area contributed by atoms with Crippen LogP contribution in [-0.2, 0) is 0 Å². The van der Waals surface area contributed by atoms with Gasteiger partial charge in [0.1, 0.15) is 0 Å². The molecule has 5 nitrogen and oxygen atoms in total. The Morgan fingerprint density at radius 2 is 1.90 bits per heavy atom. The molecule has 5 rings (SSSR count). The minimum Gasteiger partial charge on any atom is -0.396 e. The first-order valence-electron chi connectivity index (χ1n) is 10.5. The summed E-state index contributed by atoms with van der Waals surface area (Å²) in [6.45, 7) is 8.56. The first kappa shape index (κ1) is 18.9. The summed E-state index contributed by atoms with van der Waals surface area (Å²) >= 11 is 1.82. The molecule has 1 unspecified atom stereocenters. The predicted octanol–water partition coefficient (Wildman–Crippen LogP) is 3.50. The molecule has 0 amide bonds. The number of aromatic nitrogens is 1. The Kier molecular flexibility index (Phi) is 5.16. The number of anilines is 2. The number of aryl methyl sites for hydroxylation is 1. The third-order valence-corrected chi connectivity index (χ3v) is 7.17. The van der Waals surface area contributed by atoms with Crippen LogP contribution in [0.5, 0.6) is 0 Å². The normalized spacial score (nSPS) is 20.0. The molecule has 2 aliphatic rings. The Balaban J connectivity index is 1.50. The van der Waals surface area contributed by atoms with Gasteiger partial charge >= 0.3 is 0 Å². The standard InChI is InChI=1S/C23H28N4OS/c1-16-12-21-23(29-16)22(27-9-6-17(14-27)15-28)13-20(25-21)18-2-4-19(5-3-18)26-10-7-24-8-11-26/h2-5,12-13,17,24,28H,6-11,14-15H2,1H3. The van der Waals surface area contributed by atoms with Gasteiger partial charge in [-0.15, -0.1) is 11.3 Å². The first-order valence-corrected chi connectivity index (χ1v) is 11.4. The summed E-state index contributed by atoms with van der Waals surface area (Å²) < 4.78 is 1.27. The van der Waals surface area contributed by atoms with E-state index in [0.29, 0.717) is 5.92 Å². The van der Waals surface area contributed by atoms with E-state index >= 15 is 0 Å². The highest BCUT2D eigenvalue weighted by Crippen LogP contribution is 2.38. The van der Waals surface area contributed by atoms with Gasteiger partial charge in [0.2, 0.25) is 0 Å². The van der Waals surface area contributed by atoms with Crippen LogP contribution >= 0.6 is 11.3 Å². The Morgan fingerprint density at radius 3 is 2.62 bits per heavy atom. The van der Waals surface area contributed by atoms with Crippen molar-refractivity contribution < 1.29 is 5.11 Å². The summed E-state index contributed by atoms with van der Waals surface area (Å²) in [5.41, 5.74) is 5.83. The highest BCUT2D eigenvalue weighted by molar-refractivity contribution is 7.19. The summed E-state index contributed by atoms with van der Waals surface area (Å²) in [5.74, 6) is 0.376. The van der Waals surface area contributed by atoms with Crippen molar-refractivity contribution in [3.8, 4) is 11.3 Å². The molecule has 2 aromatic heterocycles. The number of fused-ring (bicyclic) bond motifs is 1. The van der Waals surface area contributed by atoms with Gasteiger partial charge in [-0.3, -0.25) is 0 Å². The minimum atomic E-state index is 0.272. The number of hydrogen-bond acceptors (Lipinski definition) is 6. The van der Waals surface area contributed by atoms with Crippen LogP contribution in [0.1, 0.15) is 11.3 Å². The zero-order valence-electron chi connectivity index (χ0n) is 16.9. The van der Waals surface area contributed by atoms with E-state index in [4.69, 9.17) is 4.98 Å². The van der Waals surface area contributed by atoms with Gasteiger partial charge in [-0.2, -0.15) is 0 Å². The largest absolute Gasteiger partial charge is 0.396 e. The van der Waals surface area contributed by atoms with E-state index in [-0.39, 0.29) is 6.61 Å². The summed E-state index contributed by atoms with van der Waals surface area (Å²) in [6.07, 6.45) is 1.05. The van der Waals surface area contributed by atoms with Gasteiger partial charge in [-0.05, 0) is 37.6 Å². The molecular weight excluding hydrogens is 380 g/mol. The number of nitrogens with one attached hydrogen (secondary N) is 1. The van der Waals surface area contributed by atoms with E-state index in [1.54, 1.807) is 0 Å². The van der Waals surface area contributed by atoms with Crippen LogP contribution in [0.4, 0.5) is 11.4 Å². The van der Waals surface area contributed by atoms with Crippen LogP contribution in [0.15, 0.2) is 36.4 Å². The quantitative estimate of drug-likeness (QED) is 0.692. The lowest BCUT2D eigenvalue weighted by molar-refractivity contribution is 0.238. The zero-order valence-corrected chi connectivity index (χ0v) is 17.7. The van der Waals surface area contributed by atoms with Gasteiger partial charge in [0, 0.05) is 67.9 Å². The number of aliphatic hydroxyl groups excluding tert-OH is 1. The summed E-state index contributed by atoms with van der Waals surface area (Å²) in [4.78, 5) is 11.1. The molecular formula is C23H28N4OS. The van der Waals surface area contributed by atoms with E-state index in [1.807, 2.05) is 11.3 Å². The van der Waals surface area contributed by atoms with E-state index in [9.17, 15) is 5.11 Å². The SMILES string of the molecule is Cc1cc2nc(-c3ccc(N4CCNCC4)cc3)cc(N3CCC(CO)C3)c2s1. The van der Waals surface area contributed by atoms with Gasteiger partial charge in [0.05, 0.1) is 21.6 Å². The molecule has 29 heavy (non-hydrogen) atoms. The molecule has 3 aromatic rings. The Morgan fingerprint density at radius 1 is 1.10 bits per heavy atom. The summed E-state index contributed by atoms with van der Waals surface area (Å²) in [5, 5.41) is 13.0. The summed E-state index contributed by atoms with van der Waals surface area (Å²) in [7, 11) is 0. The van der Waals surface area contributed by atoms with Crippen LogP contribution in [0, 0.1) is 12.8 Å². The van der Waals surface area contributed by atoms with E-state index in [1.165, 1.54) is 21.0 Å². The lowest BCUT2D eigenvalue weighted by Crippen LogP contribution is -2.43. The monoisotopic (exact) mass is 408 g/mol. The predicted molar refractivity (Wildman–Crippen MR) is 122 cm³/mol. The van der Waals surface area contributed by atoms with Crippen LogP contribution in [0.25, 0.3) is 21.5 Å². The molecule has 0 saturated carbocycles. The van der Waals surface area contributed by atoms with Crippen LogP contribution in [-0.4, -0.2) is 56.0 Å². The van der Waals surface area contributed by atoms with Gasteiger partial charge in [-0.1, -0.05) is 12.1 Å². The second kappa shape index (κ2) is 7.94. The fraction of sp³-hybridized carbons (Fsp3) is 0.435. The molecule has 1 aromatic carbocycles. The van der Waals surface area contributed by atoms with Crippen molar-refractivity contribution in [3.05, 3.63) is 41.3 Å². The molecule has 2 fully saturated rings. The van der Waals surface area contributed by atoms with Crippen molar-refractivity contribution in [2.24, 2.45) is 5.92 Å². The summed E-state index contributed by atoms with van der Waals surface area (Å²) in [6, 6.07) is 13.3. The Hall–Kier alpha value is -2.15. The molecule has 152 valence electrons. The maximum Gasteiger partial charge on any atom is 0.0841 e. The van der Waals surface area contributed by atoms with Crippen molar-refractivity contribution in [2.75, 3.05) is 55.7 Å². The first-order chi connectivity index (χ1) is 14.2. The van der Waals surface area contributed by atoms with Gasteiger partial charge in [-0.25, -0.2) is 4.98 Å². The Bertz CT molecular complexity index is 994. The van der Waals surface area contributed by atoms with E-state index < -0.39 is 0 Å². The molecule has 4 heterocycles. The second-order valence-electron chi connectivity index (χ2n) is 8.17. The van der Waals surface area contributed by atoms with Crippen molar-refractivity contribution in [1.82, 2.24) is 10.3 Å². The molecule has 2 aliphatic heterocycles. The minimum absolute atomic E-state index is 0.272. The van der Waals surface area contributed by atoms with Crippen molar-refractivity contribution >= 4 is 32.9 Å². The van der Waals surface area contributed by atoms with Gasteiger partial charge in [0.15, 0.2) is 0 Å². The lowest BCUT2D eigenvalue weighted by Gasteiger charge is -2.29. The molecule has 0 spiro atoms. The maximum absolute atomic E-state index is 9.57. The van der Waals surface area contributed by atoms with E-state index in [0.717, 1.165) is 62.5 Å². The molecule has 6 heteroatoms. The number of piperazine rings is 1. The molecule has 0 bridgehead atoms. The van der Waals surface area contributed by atoms with E-state index in [2.05, 4.69) is 58.4 Å². The average Bonchev–Trinajstić information content (AvgIpc) is 3.39. The number of hydrogen-bond donors (Lipinski definition) is 2. The topological polar surface area (TPSA) is 51.6 Å². The number of rotatable bonds is 4. The van der Waals surface area contributed by atoms with Crippen molar-refractivity contribution in [2.45, 2.75) is 13.3 Å². The van der Waals surface area contributed by atoms with Gasteiger partial charge < -0.3 is 20.2 Å². The smallest absolute Gasteiger partial charge is 0.0841 e. The molecule has 2 N–H and O–H groups in total. The number of pyridine rings is 1. The van der Waals surface area contributed by atoms with Crippen molar-refractivity contribution in [1.29, 1.82) is 0 Å². The van der Waals surface area contributed by atoms with Crippen LogP contribution < -0.4 is 15.1 Å². The molecule has 1 atom stereocenters. The third-order valence-electron chi connectivity index (χ3n) is 6.11. The number of nitrogens with zero attached hydrogens (tertiary/aromatic N) is 3. The fourth-order valence-electron chi connectivity index (χ4n) is 4.47. The fourth-order valence-corrected chi connectivity index (χ4v) is 5.47. The Labute approximate surface area is 176 Å². The molecule has 0 aliphatic carbocycles.